The van der Waals surface area contributed by atoms with Gasteiger partial charge < -0.3 is 4.74 Å². The highest BCUT2D eigenvalue weighted by Gasteiger charge is 2.18. The molecular weight excluding hydrogens is 276 g/mol. The summed E-state index contributed by atoms with van der Waals surface area (Å²) in [6.45, 7) is 4.38. The first-order chi connectivity index (χ1) is 10.2. The van der Waals surface area contributed by atoms with Crippen LogP contribution in [-0.4, -0.2) is 7.11 Å². The molecule has 21 heavy (non-hydrogen) atoms. The minimum atomic E-state index is 0.926. The van der Waals surface area contributed by atoms with Crippen molar-refractivity contribution in [2.75, 3.05) is 7.11 Å². The van der Waals surface area contributed by atoms with Gasteiger partial charge in [-0.2, -0.15) is 0 Å². The Kier molecular flexibility index (Phi) is 3.80. The standard InChI is InChI=1S/C19H18OS/c1-13-18(15-9-5-4-6-10-15)19(14(2)21-13)16-11-7-8-12-17(16)20-3/h4-12H,1-3H3. The molecule has 0 saturated heterocycles. The topological polar surface area (TPSA) is 9.23 Å². The van der Waals surface area contributed by atoms with Crippen molar-refractivity contribution in [2.24, 2.45) is 0 Å². The molecule has 0 aliphatic carbocycles. The van der Waals surface area contributed by atoms with Crippen LogP contribution in [0.2, 0.25) is 0 Å². The highest BCUT2D eigenvalue weighted by molar-refractivity contribution is 7.13. The minimum Gasteiger partial charge on any atom is -0.496 e. The first-order valence-corrected chi connectivity index (χ1v) is 7.83. The van der Waals surface area contributed by atoms with Crippen molar-refractivity contribution in [3.8, 4) is 28.0 Å². The minimum absolute atomic E-state index is 0.926. The number of benzene rings is 2. The zero-order valence-corrected chi connectivity index (χ0v) is 13.3. The van der Waals surface area contributed by atoms with Gasteiger partial charge in [-0.15, -0.1) is 11.3 Å². The lowest BCUT2D eigenvalue weighted by molar-refractivity contribution is 0.416. The highest BCUT2D eigenvalue weighted by Crippen LogP contribution is 2.45. The lowest BCUT2D eigenvalue weighted by Gasteiger charge is -2.11. The summed E-state index contributed by atoms with van der Waals surface area (Å²) in [6.07, 6.45) is 0. The summed E-state index contributed by atoms with van der Waals surface area (Å²) in [5.74, 6) is 0.926. The molecule has 0 N–H and O–H groups in total. The Morgan fingerprint density at radius 3 is 2.10 bits per heavy atom. The third kappa shape index (κ3) is 2.47. The van der Waals surface area contributed by atoms with Crippen LogP contribution in [0, 0.1) is 13.8 Å². The molecule has 0 saturated carbocycles. The maximum absolute atomic E-state index is 5.56. The van der Waals surface area contributed by atoms with Crippen LogP contribution in [0.1, 0.15) is 9.75 Å². The average molecular weight is 294 g/mol. The summed E-state index contributed by atoms with van der Waals surface area (Å²) in [6, 6.07) is 18.8. The summed E-state index contributed by atoms with van der Waals surface area (Å²) >= 11 is 1.85. The molecule has 1 heterocycles. The van der Waals surface area contributed by atoms with Gasteiger partial charge in [-0.3, -0.25) is 0 Å². The SMILES string of the molecule is COc1ccccc1-c1c(C)sc(C)c1-c1ccccc1. The highest BCUT2D eigenvalue weighted by atomic mass is 32.1. The van der Waals surface area contributed by atoms with E-state index in [2.05, 4.69) is 56.3 Å². The quantitative estimate of drug-likeness (QED) is 0.601. The van der Waals surface area contributed by atoms with E-state index in [1.807, 2.05) is 23.5 Å². The summed E-state index contributed by atoms with van der Waals surface area (Å²) in [5.41, 5.74) is 5.05. The molecule has 2 aromatic carbocycles. The molecule has 0 aliphatic rings. The molecule has 3 aromatic rings. The second kappa shape index (κ2) is 5.74. The molecule has 0 amide bonds. The monoisotopic (exact) mass is 294 g/mol. The molecule has 1 aromatic heterocycles. The Hall–Kier alpha value is -2.06. The number of hydrogen-bond acceptors (Lipinski definition) is 2. The van der Waals surface area contributed by atoms with E-state index in [4.69, 9.17) is 4.74 Å². The fraction of sp³-hybridized carbons (Fsp3) is 0.158. The largest absolute Gasteiger partial charge is 0.496 e. The van der Waals surface area contributed by atoms with Crippen LogP contribution in [-0.2, 0) is 0 Å². The average Bonchev–Trinajstić information content (AvgIpc) is 2.82. The van der Waals surface area contributed by atoms with Gasteiger partial charge in [0.05, 0.1) is 7.11 Å². The van der Waals surface area contributed by atoms with Gasteiger partial charge in [-0.1, -0.05) is 48.5 Å². The number of para-hydroxylation sites is 1. The lowest BCUT2D eigenvalue weighted by atomic mass is 9.95. The van der Waals surface area contributed by atoms with Crippen molar-refractivity contribution in [3.05, 3.63) is 64.4 Å². The summed E-state index contributed by atoms with van der Waals surface area (Å²) < 4.78 is 5.56. The molecular formula is C19H18OS. The molecule has 0 aliphatic heterocycles. The van der Waals surface area contributed by atoms with Crippen LogP contribution >= 0.6 is 11.3 Å². The number of ether oxygens (including phenoxy) is 1. The van der Waals surface area contributed by atoms with Gasteiger partial charge in [-0.25, -0.2) is 0 Å². The van der Waals surface area contributed by atoms with Crippen molar-refractivity contribution in [1.29, 1.82) is 0 Å². The van der Waals surface area contributed by atoms with E-state index in [0.29, 0.717) is 0 Å². The molecule has 2 heteroatoms. The van der Waals surface area contributed by atoms with Gasteiger partial charge in [0.25, 0.3) is 0 Å². The van der Waals surface area contributed by atoms with Crippen LogP contribution in [0.5, 0.6) is 5.75 Å². The van der Waals surface area contributed by atoms with Crippen molar-refractivity contribution in [1.82, 2.24) is 0 Å². The maximum Gasteiger partial charge on any atom is 0.126 e. The second-order valence-corrected chi connectivity index (χ2v) is 6.46. The van der Waals surface area contributed by atoms with E-state index in [0.717, 1.165) is 5.75 Å². The maximum atomic E-state index is 5.56. The molecule has 0 unspecified atom stereocenters. The van der Waals surface area contributed by atoms with E-state index in [1.165, 1.54) is 32.0 Å². The van der Waals surface area contributed by atoms with Crippen molar-refractivity contribution in [2.45, 2.75) is 13.8 Å². The number of aryl methyl sites for hydroxylation is 2. The van der Waals surface area contributed by atoms with Gasteiger partial charge in [0.2, 0.25) is 0 Å². The molecule has 0 spiro atoms. The molecule has 106 valence electrons. The predicted molar refractivity (Wildman–Crippen MR) is 91.2 cm³/mol. The summed E-state index contributed by atoms with van der Waals surface area (Å²) in [4.78, 5) is 2.68. The van der Waals surface area contributed by atoms with Gasteiger partial charge in [-0.05, 0) is 25.5 Å². The zero-order chi connectivity index (χ0) is 14.8. The van der Waals surface area contributed by atoms with Crippen LogP contribution in [0.3, 0.4) is 0 Å². The first-order valence-electron chi connectivity index (χ1n) is 7.01. The summed E-state index contributed by atoms with van der Waals surface area (Å²) in [7, 11) is 1.73. The molecule has 0 radical (unpaired) electrons. The Morgan fingerprint density at radius 2 is 1.38 bits per heavy atom. The van der Waals surface area contributed by atoms with Gasteiger partial charge in [0.1, 0.15) is 5.75 Å². The van der Waals surface area contributed by atoms with Crippen LogP contribution in [0.15, 0.2) is 54.6 Å². The molecule has 1 nitrogen and oxygen atoms in total. The third-order valence-electron chi connectivity index (χ3n) is 3.70. The predicted octanol–water partition coefficient (Wildman–Crippen LogP) is 5.71. The Morgan fingerprint density at radius 1 is 0.762 bits per heavy atom. The molecule has 0 atom stereocenters. The first kappa shape index (κ1) is 13.9. The van der Waals surface area contributed by atoms with Gasteiger partial charge in [0, 0.05) is 26.4 Å². The fourth-order valence-corrected chi connectivity index (χ4v) is 3.91. The van der Waals surface area contributed by atoms with E-state index in [9.17, 15) is 0 Å². The smallest absolute Gasteiger partial charge is 0.126 e. The normalized spacial score (nSPS) is 10.6. The number of hydrogen-bond donors (Lipinski definition) is 0. The molecule has 0 bridgehead atoms. The third-order valence-corrected chi connectivity index (χ3v) is 4.72. The Labute approximate surface area is 129 Å². The van der Waals surface area contributed by atoms with Crippen LogP contribution in [0.4, 0.5) is 0 Å². The van der Waals surface area contributed by atoms with E-state index < -0.39 is 0 Å². The van der Waals surface area contributed by atoms with Gasteiger partial charge in [0.15, 0.2) is 0 Å². The van der Waals surface area contributed by atoms with E-state index in [1.54, 1.807) is 7.11 Å². The number of rotatable bonds is 3. The van der Waals surface area contributed by atoms with Crippen LogP contribution in [0.25, 0.3) is 22.3 Å². The molecule has 0 fully saturated rings. The Balaban J connectivity index is 2.29. The van der Waals surface area contributed by atoms with Gasteiger partial charge >= 0.3 is 0 Å². The number of thiophene rings is 1. The van der Waals surface area contributed by atoms with E-state index in [-0.39, 0.29) is 0 Å². The fourth-order valence-electron chi connectivity index (χ4n) is 2.81. The zero-order valence-electron chi connectivity index (χ0n) is 12.5. The van der Waals surface area contributed by atoms with Crippen molar-refractivity contribution < 1.29 is 4.74 Å². The second-order valence-electron chi connectivity index (χ2n) is 5.03. The number of methoxy groups -OCH3 is 1. The van der Waals surface area contributed by atoms with Crippen molar-refractivity contribution in [3.63, 3.8) is 0 Å². The Bertz CT molecular complexity index is 756. The summed E-state index contributed by atoms with van der Waals surface area (Å²) in [5, 5.41) is 0. The lowest BCUT2D eigenvalue weighted by Crippen LogP contribution is -1.89. The molecule has 3 rings (SSSR count). The van der Waals surface area contributed by atoms with Crippen LogP contribution < -0.4 is 4.74 Å². The van der Waals surface area contributed by atoms with Crippen molar-refractivity contribution >= 4 is 11.3 Å². The van der Waals surface area contributed by atoms with E-state index >= 15 is 0 Å².